The predicted octanol–water partition coefficient (Wildman–Crippen LogP) is 1.75. The number of piperidine rings is 2. The Bertz CT molecular complexity index is 198. The van der Waals surface area contributed by atoms with Crippen molar-refractivity contribution in [1.29, 1.82) is 0 Å². The third-order valence-corrected chi connectivity index (χ3v) is 4.39. The van der Waals surface area contributed by atoms with Crippen LogP contribution in [0.25, 0.3) is 0 Å². The molecule has 3 rings (SSSR count). The van der Waals surface area contributed by atoms with E-state index in [2.05, 4.69) is 17.3 Å². The largest absolute Gasteiger partial charge is 0.311 e. The third-order valence-electron chi connectivity index (χ3n) is 4.39. The Morgan fingerprint density at radius 3 is 2.14 bits per heavy atom. The average molecular weight is 194 g/mol. The molecule has 0 spiro atoms. The topological polar surface area (TPSA) is 15.3 Å². The van der Waals surface area contributed by atoms with E-state index in [1.807, 2.05) is 0 Å². The minimum absolute atomic E-state index is 0.842. The molecule has 0 aromatic carbocycles. The lowest BCUT2D eigenvalue weighted by Crippen LogP contribution is -2.54. The van der Waals surface area contributed by atoms with Crippen LogP contribution in [0, 0.1) is 0 Å². The molecule has 14 heavy (non-hydrogen) atoms. The van der Waals surface area contributed by atoms with Crippen molar-refractivity contribution in [3.05, 3.63) is 0 Å². The molecule has 2 heterocycles. The number of fused-ring (bicyclic) bond motifs is 2. The third kappa shape index (κ3) is 1.70. The van der Waals surface area contributed by atoms with Crippen molar-refractivity contribution >= 4 is 0 Å². The summed E-state index contributed by atoms with van der Waals surface area (Å²) in [4.78, 5) is 2.65. The summed E-state index contributed by atoms with van der Waals surface area (Å²) in [6.45, 7) is 0. The van der Waals surface area contributed by atoms with Gasteiger partial charge in [0.15, 0.2) is 0 Å². The van der Waals surface area contributed by atoms with Gasteiger partial charge in [-0.15, -0.1) is 0 Å². The summed E-state index contributed by atoms with van der Waals surface area (Å²) in [5.41, 5.74) is 0. The molecule has 80 valence electrons. The van der Waals surface area contributed by atoms with Crippen LogP contribution in [0.3, 0.4) is 0 Å². The molecular formula is C12H22N2. The van der Waals surface area contributed by atoms with Crippen LogP contribution < -0.4 is 5.32 Å². The Morgan fingerprint density at radius 2 is 1.57 bits per heavy atom. The summed E-state index contributed by atoms with van der Waals surface area (Å²) in [7, 11) is 2.34. The second kappa shape index (κ2) is 3.49. The molecule has 2 saturated heterocycles. The maximum atomic E-state index is 3.82. The normalized spacial score (nSPS) is 43.9. The van der Waals surface area contributed by atoms with E-state index in [0.717, 1.165) is 24.2 Å². The van der Waals surface area contributed by atoms with Gasteiger partial charge in [-0.3, -0.25) is 0 Å². The van der Waals surface area contributed by atoms with Crippen LogP contribution in [0.4, 0.5) is 0 Å². The van der Waals surface area contributed by atoms with Gasteiger partial charge in [-0.25, -0.2) is 0 Å². The number of nitrogens with zero attached hydrogens (tertiary/aromatic N) is 1. The molecule has 0 amide bonds. The van der Waals surface area contributed by atoms with E-state index < -0.39 is 0 Å². The highest BCUT2D eigenvalue weighted by atomic mass is 15.2. The summed E-state index contributed by atoms with van der Waals surface area (Å²) in [5, 5.41) is 3.82. The summed E-state index contributed by atoms with van der Waals surface area (Å²) < 4.78 is 0. The van der Waals surface area contributed by atoms with Crippen LogP contribution in [0.1, 0.15) is 44.9 Å². The Kier molecular flexibility index (Phi) is 2.29. The Morgan fingerprint density at radius 1 is 0.929 bits per heavy atom. The number of nitrogens with one attached hydrogen (secondary N) is 1. The van der Waals surface area contributed by atoms with Crippen LogP contribution in [0.2, 0.25) is 0 Å². The molecule has 1 N–H and O–H groups in total. The number of hydrogen-bond acceptors (Lipinski definition) is 2. The van der Waals surface area contributed by atoms with Gasteiger partial charge in [0, 0.05) is 24.2 Å². The number of rotatable bonds is 2. The average Bonchev–Trinajstić information content (AvgIpc) is 2.90. The van der Waals surface area contributed by atoms with Crippen molar-refractivity contribution < 1.29 is 0 Å². The molecule has 2 bridgehead atoms. The monoisotopic (exact) mass is 194 g/mol. The second-order valence-corrected chi connectivity index (χ2v) is 5.51. The first-order chi connectivity index (χ1) is 6.83. The fourth-order valence-electron chi connectivity index (χ4n) is 3.34. The van der Waals surface area contributed by atoms with E-state index >= 15 is 0 Å². The fraction of sp³-hybridized carbons (Fsp3) is 1.00. The molecule has 2 heteroatoms. The van der Waals surface area contributed by atoms with Gasteiger partial charge >= 0.3 is 0 Å². The molecular weight excluding hydrogens is 172 g/mol. The van der Waals surface area contributed by atoms with Crippen LogP contribution in [-0.2, 0) is 0 Å². The highest BCUT2D eigenvalue weighted by Crippen LogP contribution is 2.34. The van der Waals surface area contributed by atoms with Crippen LogP contribution in [0.15, 0.2) is 0 Å². The van der Waals surface area contributed by atoms with Crippen molar-refractivity contribution in [3.63, 3.8) is 0 Å². The van der Waals surface area contributed by atoms with Gasteiger partial charge in [0.1, 0.15) is 0 Å². The molecule has 2 aliphatic heterocycles. The molecule has 0 aromatic rings. The first-order valence-electron chi connectivity index (χ1n) is 6.31. The van der Waals surface area contributed by atoms with E-state index in [9.17, 15) is 0 Å². The highest BCUT2D eigenvalue weighted by Gasteiger charge is 2.37. The smallest absolute Gasteiger partial charge is 0.0110 e. The molecule has 3 aliphatic rings. The summed E-state index contributed by atoms with van der Waals surface area (Å²) in [6, 6.07) is 3.51. The first-order valence-corrected chi connectivity index (χ1v) is 6.31. The van der Waals surface area contributed by atoms with Gasteiger partial charge in [0.2, 0.25) is 0 Å². The minimum Gasteiger partial charge on any atom is -0.311 e. The van der Waals surface area contributed by atoms with E-state index in [1.165, 1.54) is 44.9 Å². The number of hydrogen-bond donors (Lipinski definition) is 1. The van der Waals surface area contributed by atoms with Gasteiger partial charge < -0.3 is 10.2 Å². The van der Waals surface area contributed by atoms with Gasteiger partial charge in [0.25, 0.3) is 0 Å². The molecule has 1 aliphatic carbocycles. The van der Waals surface area contributed by atoms with Gasteiger partial charge in [0.05, 0.1) is 0 Å². The van der Waals surface area contributed by atoms with Gasteiger partial charge in [-0.05, 0) is 45.6 Å². The molecule has 3 fully saturated rings. The minimum atomic E-state index is 0.842. The maximum Gasteiger partial charge on any atom is 0.0110 e. The quantitative estimate of drug-likeness (QED) is 0.720. The fourth-order valence-corrected chi connectivity index (χ4v) is 3.34. The predicted molar refractivity (Wildman–Crippen MR) is 58.4 cm³/mol. The van der Waals surface area contributed by atoms with E-state index in [-0.39, 0.29) is 0 Å². The standard InChI is InChI=1S/C12H22N2/c1-14-11-3-2-4-12(14)8-10(7-11)13-9-5-6-9/h9-13H,2-8H2,1H3. The molecule has 1 saturated carbocycles. The SMILES string of the molecule is CN1C2CCCC1CC(NC1CC1)C2. The molecule has 2 atom stereocenters. The zero-order valence-corrected chi connectivity index (χ0v) is 9.21. The molecule has 0 radical (unpaired) electrons. The van der Waals surface area contributed by atoms with Crippen LogP contribution in [-0.4, -0.2) is 36.1 Å². The lowest BCUT2D eigenvalue weighted by molar-refractivity contribution is 0.0482. The van der Waals surface area contributed by atoms with Crippen molar-refractivity contribution in [2.24, 2.45) is 0 Å². The summed E-state index contributed by atoms with van der Waals surface area (Å²) >= 11 is 0. The Hall–Kier alpha value is -0.0800. The zero-order valence-electron chi connectivity index (χ0n) is 9.21. The van der Waals surface area contributed by atoms with E-state index in [0.29, 0.717) is 0 Å². The zero-order chi connectivity index (χ0) is 9.54. The molecule has 2 nitrogen and oxygen atoms in total. The van der Waals surface area contributed by atoms with Crippen LogP contribution in [0.5, 0.6) is 0 Å². The van der Waals surface area contributed by atoms with E-state index in [4.69, 9.17) is 0 Å². The van der Waals surface area contributed by atoms with Gasteiger partial charge in [-0.1, -0.05) is 6.42 Å². The highest BCUT2D eigenvalue weighted by molar-refractivity contribution is 4.96. The lowest BCUT2D eigenvalue weighted by atomic mass is 9.82. The van der Waals surface area contributed by atoms with E-state index in [1.54, 1.807) is 0 Å². The maximum absolute atomic E-state index is 3.82. The lowest BCUT2D eigenvalue weighted by Gasteiger charge is -2.47. The van der Waals surface area contributed by atoms with Crippen molar-refractivity contribution in [2.75, 3.05) is 7.05 Å². The van der Waals surface area contributed by atoms with Crippen molar-refractivity contribution in [1.82, 2.24) is 10.2 Å². The van der Waals surface area contributed by atoms with Crippen molar-refractivity contribution in [3.8, 4) is 0 Å². The summed E-state index contributed by atoms with van der Waals surface area (Å²) in [6.07, 6.45) is 10.0. The molecule has 2 unspecified atom stereocenters. The summed E-state index contributed by atoms with van der Waals surface area (Å²) in [5.74, 6) is 0. The Labute approximate surface area is 87.0 Å². The first kappa shape index (κ1) is 9.17. The van der Waals surface area contributed by atoms with Crippen LogP contribution >= 0.6 is 0 Å². The van der Waals surface area contributed by atoms with Gasteiger partial charge in [-0.2, -0.15) is 0 Å². The molecule has 0 aromatic heterocycles. The Balaban J connectivity index is 1.62. The van der Waals surface area contributed by atoms with Crippen molar-refractivity contribution in [2.45, 2.75) is 69.1 Å². The second-order valence-electron chi connectivity index (χ2n) is 5.51.